The van der Waals surface area contributed by atoms with E-state index in [2.05, 4.69) is 27.2 Å². The van der Waals surface area contributed by atoms with Crippen LogP contribution >= 0.6 is 8.25 Å². The molecule has 0 saturated heterocycles. The lowest BCUT2D eigenvalue weighted by molar-refractivity contribution is -0.186. The third-order valence-electron chi connectivity index (χ3n) is 1.67. The first-order valence-electron chi connectivity index (χ1n) is 6.18. The molecule has 0 aromatic carbocycles. The van der Waals surface area contributed by atoms with Crippen LogP contribution in [0.4, 0.5) is 0 Å². The number of carbonyl (C=O) groups is 2. The SMILES string of the molecule is C=C(C)C(=O)OCC(C)O.C=C(C)C(=O)OCCO[P+](=O)[O-]. The van der Waals surface area contributed by atoms with E-state index in [4.69, 9.17) is 5.11 Å². The van der Waals surface area contributed by atoms with Crippen molar-refractivity contribution in [1.29, 1.82) is 0 Å². The second-order valence-corrected chi connectivity index (χ2v) is 4.91. The first-order chi connectivity index (χ1) is 10.1. The normalized spacial score (nSPS) is 11.4. The van der Waals surface area contributed by atoms with Gasteiger partial charge < -0.3 is 19.5 Å². The Kier molecular flexibility index (Phi) is 13.5. The van der Waals surface area contributed by atoms with Gasteiger partial charge in [0.2, 0.25) is 0 Å². The van der Waals surface area contributed by atoms with Gasteiger partial charge >= 0.3 is 20.2 Å². The molecule has 0 amide bonds. The second kappa shape index (κ2) is 13.1. The predicted molar refractivity (Wildman–Crippen MR) is 76.8 cm³/mol. The Morgan fingerprint density at radius 3 is 1.95 bits per heavy atom. The number of hydrogen-bond acceptors (Lipinski definition) is 8. The van der Waals surface area contributed by atoms with Gasteiger partial charge in [-0.05, 0) is 25.3 Å². The molecule has 0 aliphatic heterocycles. The van der Waals surface area contributed by atoms with Crippen molar-refractivity contribution in [2.24, 2.45) is 0 Å². The number of aliphatic hydroxyl groups excluding tert-OH is 1. The van der Waals surface area contributed by atoms with E-state index in [0.29, 0.717) is 5.57 Å². The van der Waals surface area contributed by atoms with Crippen LogP contribution in [-0.4, -0.2) is 43.0 Å². The van der Waals surface area contributed by atoms with E-state index in [0.717, 1.165) is 0 Å². The molecule has 2 unspecified atom stereocenters. The number of aliphatic hydroxyl groups is 1. The molecule has 0 aliphatic rings. The summed E-state index contributed by atoms with van der Waals surface area (Å²) in [5.74, 6) is -1.01. The summed E-state index contributed by atoms with van der Waals surface area (Å²) in [5, 5.41) is 8.68. The third kappa shape index (κ3) is 16.5. The summed E-state index contributed by atoms with van der Waals surface area (Å²) >= 11 is 0. The minimum Gasteiger partial charge on any atom is -0.566 e. The van der Waals surface area contributed by atoms with Crippen LogP contribution in [0, 0.1) is 0 Å². The molecule has 0 spiro atoms. The van der Waals surface area contributed by atoms with Crippen LogP contribution in [0.5, 0.6) is 0 Å². The van der Waals surface area contributed by atoms with Crippen molar-refractivity contribution < 1.29 is 38.2 Å². The van der Waals surface area contributed by atoms with E-state index >= 15 is 0 Å². The predicted octanol–water partition coefficient (Wildman–Crippen LogP) is 0.626. The highest BCUT2D eigenvalue weighted by molar-refractivity contribution is 7.30. The summed E-state index contributed by atoms with van der Waals surface area (Å²) in [4.78, 5) is 31.1. The highest BCUT2D eigenvalue weighted by Gasteiger charge is 2.05. The van der Waals surface area contributed by atoms with Gasteiger partial charge in [-0.1, -0.05) is 13.2 Å². The van der Waals surface area contributed by atoms with E-state index in [1.165, 1.54) is 6.92 Å². The van der Waals surface area contributed by atoms with Crippen molar-refractivity contribution in [3.63, 3.8) is 0 Å². The van der Waals surface area contributed by atoms with Crippen molar-refractivity contribution in [1.82, 2.24) is 0 Å². The van der Waals surface area contributed by atoms with Gasteiger partial charge in [0.25, 0.3) is 0 Å². The van der Waals surface area contributed by atoms with E-state index in [1.54, 1.807) is 13.8 Å². The van der Waals surface area contributed by atoms with Crippen molar-refractivity contribution in [2.45, 2.75) is 26.9 Å². The smallest absolute Gasteiger partial charge is 0.488 e. The number of carbonyl (C=O) groups excluding carboxylic acids is 2. The Morgan fingerprint density at radius 2 is 1.59 bits per heavy atom. The molecule has 0 bridgehead atoms. The molecule has 0 aliphatic carbocycles. The molecule has 9 heteroatoms. The van der Waals surface area contributed by atoms with Crippen LogP contribution < -0.4 is 4.89 Å². The van der Waals surface area contributed by atoms with Crippen molar-refractivity contribution in [3.05, 3.63) is 24.3 Å². The summed E-state index contributed by atoms with van der Waals surface area (Å²) in [6.07, 6.45) is -0.608. The van der Waals surface area contributed by atoms with E-state index in [9.17, 15) is 19.0 Å². The molecule has 0 aromatic heterocycles. The number of ether oxygens (including phenoxy) is 2. The Balaban J connectivity index is 0. The van der Waals surface area contributed by atoms with Gasteiger partial charge in [-0.2, -0.15) is 0 Å². The molecular weight excluding hydrogens is 315 g/mol. The average Bonchev–Trinajstić information content (AvgIpc) is 2.40. The van der Waals surface area contributed by atoms with Crippen molar-refractivity contribution >= 4 is 20.2 Å². The van der Waals surface area contributed by atoms with Gasteiger partial charge in [-0.15, -0.1) is 4.52 Å². The second-order valence-electron chi connectivity index (χ2n) is 4.20. The van der Waals surface area contributed by atoms with Crippen LogP contribution in [0.25, 0.3) is 0 Å². The molecule has 0 heterocycles. The Bertz CT molecular complexity index is 416. The molecule has 0 saturated carbocycles. The fraction of sp³-hybridized carbons (Fsp3) is 0.538. The highest BCUT2D eigenvalue weighted by atomic mass is 31.1. The lowest BCUT2D eigenvalue weighted by atomic mass is 10.3. The molecule has 22 heavy (non-hydrogen) atoms. The number of esters is 2. The van der Waals surface area contributed by atoms with Crippen LogP contribution in [0.1, 0.15) is 20.8 Å². The molecule has 0 radical (unpaired) electrons. The van der Waals surface area contributed by atoms with Gasteiger partial charge in [-0.25, -0.2) is 9.59 Å². The maximum absolute atomic E-state index is 10.7. The molecule has 0 rings (SSSR count). The molecule has 1 N–H and O–H groups in total. The quantitative estimate of drug-likeness (QED) is 0.296. The summed E-state index contributed by atoms with van der Waals surface area (Å²) < 4.78 is 23.1. The maximum Gasteiger partial charge on any atom is 0.488 e. The van der Waals surface area contributed by atoms with Gasteiger partial charge in [0.05, 0.1) is 6.10 Å². The van der Waals surface area contributed by atoms with E-state index < -0.39 is 26.3 Å². The fourth-order valence-electron chi connectivity index (χ4n) is 0.689. The summed E-state index contributed by atoms with van der Waals surface area (Å²) in [7, 11) is -2.86. The molecular formula is C13H21O8P. The minimum absolute atomic E-state index is 0.0334. The van der Waals surface area contributed by atoms with E-state index in [1.807, 2.05) is 0 Å². The Labute approximate surface area is 130 Å². The lowest BCUT2D eigenvalue weighted by Crippen LogP contribution is -2.15. The first-order valence-corrected chi connectivity index (χ1v) is 7.28. The summed E-state index contributed by atoms with van der Waals surface area (Å²) in [6.45, 7) is 11.1. The average molecular weight is 336 g/mol. The first kappa shape index (κ1) is 22.7. The molecule has 2 atom stereocenters. The highest BCUT2D eigenvalue weighted by Crippen LogP contribution is 2.07. The van der Waals surface area contributed by atoms with Crippen molar-refractivity contribution in [2.75, 3.05) is 19.8 Å². The minimum atomic E-state index is -2.86. The fourth-order valence-corrected chi connectivity index (χ4v) is 0.912. The van der Waals surface area contributed by atoms with Gasteiger partial charge in [0, 0.05) is 11.1 Å². The zero-order chi connectivity index (χ0) is 17.7. The van der Waals surface area contributed by atoms with Crippen LogP contribution in [0.3, 0.4) is 0 Å². The zero-order valence-electron chi connectivity index (χ0n) is 12.9. The third-order valence-corrected chi connectivity index (χ3v) is 2.06. The van der Waals surface area contributed by atoms with Crippen LogP contribution in [0.2, 0.25) is 0 Å². The molecule has 8 nitrogen and oxygen atoms in total. The standard InChI is InChI=1S/C7H12O3.C6H9O5P/c1-5(2)7(9)10-4-6(3)8;1-5(2)6(7)10-3-4-11-12(8)9/h6,8H,1,4H2,2-3H3;1,3-4H2,2H3. The maximum atomic E-state index is 10.7. The molecule has 0 fully saturated rings. The summed E-state index contributed by atoms with van der Waals surface area (Å²) in [5.41, 5.74) is 0.613. The van der Waals surface area contributed by atoms with Crippen LogP contribution in [0.15, 0.2) is 24.3 Å². The molecule has 126 valence electrons. The monoisotopic (exact) mass is 336 g/mol. The zero-order valence-corrected chi connectivity index (χ0v) is 13.8. The summed E-state index contributed by atoms with van der Waals surface area (Å²) in [6, 6.07) is 0. The Morgan fingerprint density at radius 1 is 1.14 bits per heavy atom. The van der Waals surface area contributed by atoms with E-state index in [-0.39, 0.29) is 25.4 Å². The van der Waals surface area contributed by atoms with Crippen LogP contribution in [-0.2, 0) is 28.2 Å². The lowest BCUT2D eigenvalue weighted by Gasteiger charge is -2.04. The Hall–Kier alpha value is -1.60. The largest absolute Gasteiger partial charge is 0.566 e. The number of rotatable bonds is 8. The van der Waals surface area contributed by atoms with Gasteiger partial charge in [-0.3, -0.25) is 0 Å². The van der Waals surface area contributed by atoms with Gasteiger partial charge in [0.1, 0.15) is 19.8 Å². The molecule has 0 aromatic rings. The van der Waals surface area contributed by atoms with Gasteiger partial charge in [0.15, 0.2) is 0 Å². The number of hydrogen-bond donors (Lipinski definition) is 1. The topological polar surface area (TPSA) is 122 Å². The van der Waals surface area contributed by atoms with Crippen molar-refractivity contribution in [3.8, 4) is 0 Å².